The number of carbonyl (C=O) groups excluding carboxylic acids is 1. The fraction of sp³-hybridized carbons (Fsp3) is 0. The molecule has 0 atom stereocenters. The quantitative estimate of drug-likeness (QED) is 0.680. The summed E-state index contributed by atoms with van der Waals surface area (Å²) >= 11 is 3.16. The highest BCUT2D eigenvalue weighted by Gasteiger charge is 2.11. The molecule has 2 rings (SSSR count). The second kappa shape index (κ2) is 5.84. The van der Waals surface area contributed by atoms with E-state index in [9.17, 15) is 19.8 Å². The van der Waals surface area contributed by atoms with Gasteiger partial charge in [-0.05, 0) is 30.3 Å². The number of nitrogens with one attached hydrogen (secondary N) is 1. The van der Waals surface area contributed by atoms with Crippen molar-refractivity contribution in [3.63, 3.8) is 0 Å². The lowest BCUT2D eigenvalue weighted by Gasteiger charge is -2.08. The Bertz CT molecular complexity index is 709. The topological polar surface area (TPSA) is 107 Å². The van der Waals surface area contributed by atoms with Crippen LogP contribution in [0.5, 0.6) is 11.5 Å². The highest BCUT2D eigenvalue weighted by Crippen LogP contribution is 2.23. The van der Waals surface area contributed by atoms with E-state index in [4.69, 9.17) is 5.11 Å². The van der Waals surface area contributed by atoms with Crippen molar-refractivity contribution in [2.75, 3.05) is 5.32 Å². The summed E-state index contributed by atoms with van der Waals surface area (Å²) in [6, 6.07) is 7.70. The van der Waals surface area contributed by atoms with Gasteiger partial charge in [0.25, 0.3) is 5.91 Å². The number of aromatic carboxylic acids is 1. The van der Waals surface area contributed by atoms with E-state index in [0.29, 0.717) is 4.47 Å². The molecule has 0 bridgehead atoms. The van der Waals surface area contributed by atoms with Gasteiger partial charge in [0.1, 0.15) is 11.5 Å². The highest BCUT2D eigenvalue weighted by molar-refractivity contribution is 9.10. The summed E-state index contributed by atoms with van der Waals surface area (Å²) in [6.45, 7) is 0. The molecule has 4 N–H and O–H groups in total. The van der Waals surface area contributed by atoms with Crippen molar-refractivity contribution in [2.24, 2.45) is 0 Å². The fourth-order valence-electron chi connectivity index (χ4n) is 1.71. The minimum Gasteiger partial charge on any atom is -0.508 e. The second-order valence-electron chi connectivity index (χ2n) is 4.23. The Morgan fingerprint density at radius 1 is 0.905 bits per heavy atom. The Labute approximate surface area is 127 Å². The number of halogens is 1. The highest BCUT2D eigenvalue weighted by atomic mass is 79.9. The van der Waals surface area contributed by atoms with Crippen molar-refractivity contribution in [1.29, 1.82) is 0 Å². The molecule has 0 heterocycles. The lowest BCUT2D eigenvalue weighted by molar-refractivity contribution is 0.0696. The molecule has 0 spiro atoms. The van der Waals surface area contributed by atoms with Crippen LogP contribution in [0.1, 0.15) is 20.7 Å². The molecule has 2 aromatic carbocycles. The number of benzene rings is 2. The molecule has 6 nitrogen and oxygen atoms in total. The van der Waals surface area contributed by atoms with Gasteiger partial charge in [-0.3, -0.25) is 4.79 Å². The van der Waals surface area contributed by atoms with Crippen molar-refractivity contribution < 1.29 is 24.9 Å². The number of carboxylic acids is 1. The number of carbonyl (C=O) groups is 2. The monoisotopic (exact) mass is 351 g/mol. The van der Waals surface area contributed by atoms with Crippen LogP contribution in [-0.4, -0.2) is 27.2 Å². The fourth-order valence-corrected chi connectivity index (χ4v) is 2.21. The molecule has 108 valence electrons. The molecule has 0 radical (unpaired) electrons. The third kappa shape index (κ3) is 3.73. The van der Waals surface area contributed by atoms with E-state index in [1.165, 1.54) is 30.3 Å². The Kier molecular flexibility index (Phi) is 4.13. The Morgan fingerprint density at radius 2 is 1.52 bits per heavy atom. The molecule has 0 saturated heterocycles. The molecule has 0 unspecified atom stereocenters. The molecule has 21 heavy (non-hydrogen) atoms. The van der Waals surface area contributed by atoms with Crippen LogP contribution in [0.15, 0.2) is 40.9 Å². The molecular weight excluding hydrogens is 342 g/mol. The normalized spacial score (nSPS) is 10.1. The van der Waals surface area contributed by atoms with Crippen molar-refractivity contribution >= 4 is 33.5 Å². The zero-order valence-electron chi connectivity index (χ0n) is 10.5. The van der Waals surface area contributed by atoms with E-state index >= 15 is 0 Å². The van der Waals surface area contributed by atoms with Gasteiger partial charge in [-0.2, -0.15) is 0 Å². The lowest BCUT2D eigenvalue weighted by Crippen LogP contribution is -2.12. The number of anilines is 1. The number of hydrogen-bond acceptors (Lipinski definition) is 4. The Morgan fingerprint density at radius 3 is 2.10 bits per heavy atom. The number of hydrogen-bond donors (Lipinski definition) is 4. The van der Waals surface area contributed by atoms with Gasteiger partial charge in [-0.1, -0.05) is 15.9 Å². The standard InChI is InChI=1S/C14H10BrNO5/c15-9-1-8(14(20)21)2-10(5-9)16-13(19)7-3-11(17)6-12(18)4-7/h1-6,17-18H,(H,16,19)(H,20,21). The van der Waals surface area contributed by atoms with Crippen LogP contribution in [0.4, 0.5) is 5.69 Å². The smallest absolute Gasteiger partial charge is 0.335 e. The molecule has 0 saturated carbocycles. The molecule has 0 aliphatic carbocycles. The Balaban J connectivity index is 2.29. The summed E-state index contributed by atoms with van der Waals surface area (Å²) in [7, 11) is 0. The maximum absolute atomic E-state index is 12.0. The second-order valence-corrected chi connectivity index (χ2v) is 5.14. The molecular formula is C14H10BrNO5. The van der Waals surface area contributed by atoms with Crippen molar-refractivity contribution in [2.45, 2.75) is 0 Å². The van der Waals surface area contributed by atoms with E-state index < -0.39 is 11.9 Å². The minimum atomic E-state index is -1.12. The first-order chi connectivity index (χ1) is 9.85. The first-order valence-electron chi connectivity index (χ1n) is 5.73. The largest absolute Gasteiger partial charge is 0.508 e. The van der Waals surface area contributed by atoms with Crippen LogP contribution in [0.25, 0.3) is 0 Å². The van der Waals surface area contributed by atoms with Gasteiger partial charge in [-0.25, -0.2) is 4.79 Å². The van der Waals surface area contributed by atoms with E-state index in [-0.39, 0.29) is 28.3 Å². The predicted molar refractivity (Wildman–Crippen MR) is 78.8 cm³/mol. The SMILES string of the molecule is O=C(O)c1cc(Br)cc(NC(=O)c2cc(O)cc(O)c2)c1. The number of aromatic hydroxyl groups is 2. The molecule has 7 heteroatoms. The maximum atomic E-state index is 12.0. The van der Waals surface area contributed by atoms with Crippen LogP contribution >= 0.6 is 15.9 Å². The molecule has 0 fully saturated rings. The van der Waals surface area contributed by atoms with E-state index in [2.05, 4.69) is 21.2 Å². The average molecular weight is 352 g/mol. The van der Waals surface area contributed by atoms with Gasteiger partial charge >= 0.3 is 5.97 Å². The maximum Gasteiger partial charge on any atom is 0.335 e. The van der Waals surface area contributed by atoms with Gasteiger partial charge in [0.15, 0.2) is 0 Å². The summed E-state index contributed by atoms with van der Waals surface area (Å²) < 4.78 is 0.497. The van der Waals surface area contributed by atoms with Crippen molar-refractivity contribution in [1.82, 2.24) is 0 Å². The summed E-state index contributed by atoms with van der Waals surface area (Å²) in [5.41, 5.74) is 0.331. The third-order valence-electron chi connectivity index (χ3n) is 2.57. The van der Waals surface area contributed by atoms with Gasteiger partial charge in [0.05, 0.1) is 5.56 Å². The van der Waals surface area contributed by atoms with Crippen molar-refractivity contribution in [3.8, 4) is 11.5 Å². The van der Waals surface area contributed by atoms with Crippen LogP contribution < -0.4 is 5.32 Å². The predicted octanol–water partition coefficient (Wildman–Crippen LogP) is 2.81. The van der Waals surface area contributed by atoms with Crippen LogP contribution in [0.3, 0.4) is 0 Å². The van der Waals surface area contributed by atoms with E-state index in [1.807, 2.05) is 0 Å². The van der Waals surface area contributed by atoms with Crippen LogP contribution in [0, 0.1) is 0 Å². The van der Waals surface area contributed by atoms with Crippen molar-refractivity contribution in [3.05, 3.63) is 52.0 Å². The van der Waals surface area contributed by atoms with Crippen LogP contribution in [-0.2, 0) is 0 Å². The lowest BCUT2D eigenvalue weighted by atomic mass is 10.1. The number of carboxylic acid groups (broad SMARTS) is 1. The summed E-state index contributed by atoms with van der Waals surface area (Å²) in [5, 5.41) is 30.1. The molecule has 1 amide bonds. The van der Waals surface area contributed by atoms with Crippen LogP contribution in [0.2, 0.25) is 0 Å². The first kappa shape index (κ1) is 14.9. The van der Waals surface area contributed by atoms with E-state index in [1.54, 1.807) is 0 Å². The third-order valence-corrected chi connectivity index (χ3v) is 3.03. The Hall–Kier alpha value is -2.54. The molecule has 0 aliphatic heterocycles. The average Bonchev–Trinajstić information content (AvgIpc) is 2.36. The summed E-state index contributed by atoms with van der Waals surface area (Å²) in [5.74, 6) is -2.21. The number of rotatable bonds is 3. The van der Waals surface area contributed by atoms with Gasteiger partial charge in [0.2, 0.25) is 0 Å². The van der Waals surface area contributed by atoms with Gasteiger partial charge in [0, 0.05) is 21.8 Å². The summed E-state index contributed by atoms with van der Waals surface area (Å²) in [6.07, 6.45) is 0. The van der Waals surface area contributed by atoms with Gasteiger partial charge < -0.3 is 20.6 Å². The number of amides is 1. The summed E-state index contributed by atoms with van der Waals surface area (Å²) in [4.78, 5) is 23.0. The zero-order chi connectivity index (χ0) is 15.6. The minimum absolute atomic E-state index is 0.0124. The molecule has 0 aliphatic rings. The molecule has 0 aromatic heterocycles. The number of phenols is 2. The zero-order valence-corrected chi connectivity index (χ0v) is 12.1. The van der Waals surface area contributed by atoms with E-state index in [0.717, 1.165) is 6.07 Å². The molecule has 2 aromatic rings. The first-order valence-corrected chi connectivity index (χ1v) is 6.53. The van der Waals surface area contributed by atoms with Gasteiger partial charge in [-0.15, -0.1) is 0 Å². The number of phenolic OH excluding ortho intramolecular Hbond substituents is 2.